The van der Waals surface area contributed by atoms with Gasteiger partial charge >= 0.3 is 0 Å². The molecule has 2 nitrogen and oxygen atoms in total. The third-order valence-electron chi connectivity index (χ3n) is 5.55. The molecule has 1 unspecified atom stereocenters. The first-order valence-corrected chi connectivity index (χ1v) is 11.2. The first-order chi connectivity index (χ1) is 15.7. The third kappa shape index (κ3) is 4.47. The largest absolute Gasteiger partial charge is 0.350 e. The monoisotopic (exact) mass is 454 g/mol. The molecular formula is C28H20Cl2N2. The summed E-state index contributed by atoms with van der Waals surface area (Å²) < 4.78 is 0. The number of nitrogens with zero attached hydrogens (tertiary/aromatic N) is 1. The number of rotatable bonds is 4. The van der Waals surface area contributed by atoms with E-state index in [0.29, 0.717) is 10.5 Å². The summed E-state index contributed by atoms with van der Waals surface area (Å²) in [5.41, 5.74) is 8.22. The van der Waals surface area contributed by atoms with Crippen LogP contribution in [0.5, 0.6) is 0 Å². The summed E-state index contributed by atoms with van der Waals surface area (Å²) in [5, 5.41) is 3.83. The number of hydrogen-bond acceptors (Lipinski definition) is 2. The van der Waals surface area contributed by atoms with Crippen molar-refractivity contribution in [1.82, 2.24) is 5.32 Å². The smallest absolute Gasteiger partial charge is 0.198 e. The molecule has 0 radical (unpaired) electrons. The van der Waals surface area contributed by atoms with Crippen molar-refractivity contribution in [3.8, 4) is 33.4 Å². The fourth-order valence-corrected chi connectivity index (χ4v) is 4.38. The zero-order chi connectivity index (χ0) is 21.9. The topological polar surface area (TPSA) is 24.4 Å². The van der Waals surface area contributed by atoms with Crippen LogP contribution in [0.15, 0.2) is 119 Å². The molecule has 5 rings (SSSR count). The number of amidine groups is 1. The quantitative estimate of drug-likeness (QED) is 0.310. The van der Waals surface area contributed by atoms with Gasteiger partial charge in [0.2, 0.25) is 0 Å². The lowest BCUT2D eigenvalue weighted by atomic mass is 9.95. The van der Waals surface area contributed by atoms with Crippen molar-refractivity contribution in [2.75, 3.05) is 0 Å². The van der Waals surface area contributed by atoms with Crippen LogP contribution in [-0.4, -0.2) is 5.29 Å². The molecule has 4 heteroatoms. The summed E-state index contributed by atoms with van der Waals surface area (Å²) in [6, 6.07) is 36.1. The summed E-state index contributed by atoms with van der Waals surface area (Å²) in [7, 11) is 0. The van der Waals surface area contributed by atoms with Crippen molar-refractivity contribution in [1.29, 1.82) is 0 Å². The number of hydrogen-bond donors (Lipinski definition) is 1. The Hall–Kier alpha value is -3.33. The van der Waals surface area contributed by atoms with Gasteiger partial charge in [-0.2, -0.15) is 0 Å². The molecule has 0 aliphatic carbocycles. The fourth-order valence-electron chi connectivity index (χ4n) is 3.92. The molecule has 156 valence electrons. The molecule has 1 heterocycles. The molecule has 0 spiro atoms. The molecule has 0 bridgehead atoms. The predicted molar refractivity (Wildman–Crippen MR) is 136 cm³/mol. The normalized spacial score (nSPS) is 15.5. The van der Waals surface area contributed by atoms with Crippen LogP contribution in [0.4, 0.5) is 0 Å². The van der Waals surface area contributed by atoms with E-state index in [1.807, 2.05) is 12.1 Å². The van der Waals surface area contributed by atoms with E-state index < -0.39 is 0 Å². The van der Waals surface area contributed by atoms with Crippen LogP contribution in [0.2, 0.25) is 0 Å². The maximum Gasteiger partial charge on any atom is 0.198 e. The summed E-state index contributed by atoms with van der Waals surface area (Å²) in [6.07, 6.45) is 1.85. The van der Waals surface area contributed by atoms with Gasteiger partial charge in [-0.1, -0.05) is 103 Å². The van der Waals surface area contributed by atoms with Crippen molar-refractivity contribution in [2.24, 2.45) is 4.99 Å². The standard InChI is InChI=1S/C28H20Cl2N2/c29-27-18-26(31-28(30)32-27)21-14-12-20(13-15-21)23-9-5-11-25(17-23)24-10-4-8-22(16-24)19-6-2-1-3-7-19/h1-18,26H,(H,31,32). The number of benzene rings is 4. The first kappa shape index (κ1) is 20.6. The lowest BCUT2D eigenvalue weighted by molar-refractivity contribution is 0.782. The zero-order valence-electron chi connectivity index (χ0n) is 17.2. The average Bonchev–Trinajstić information content (AvgIpc) is 2.84. The summed E-state index contributed by atoms with van der Waals surface area (Å²) in [5.74, 6) is 0. The van der Waals surface area contributed by atoms with Crippen LogP contribution in [-0.2, 0) is 0 Å². The van der Waals surface area contributed by atoms with Crippen LogP contribution in [0, 0.1) is 0 Å². The van der Waals surface area contributed by atoms with Crippen molar-refractivity contribution >= 4 is 28.5 Å². The van der Waals surface area contributed by atoms with Crippen molar-refractivity contribution in [3.05, 3.63) is 120 Å². The highest BCUT2D eigenvalue weighted by Gasteiger charge is 2.15. The van der Waals surface area contributed by atoms with E-state index in [4.69, 9.17) is 23.2 Å². The minimum atomic E-state index is -0.0892. The van der Waals surface area contributed by atoms with Gasteiger partial charge in [-0.25, -0.2) is 4.99 Å². The van der Waals surface area contributed by atoms with Gasteiger partial charge in [0.25, 0.3) is 0 Å². The molecule has 0 amide bonds. The molecule has 0 fully saturated rings. The number of nitrogens with one attached hydrogen (secondary N) is 1. The predicted octanol–water partition coefficient (Wildman–Crippen LogP) is 8.01. The van der Waals surface area contributed by atoms with E-state index in [1.165, 1.54) is 27.8 Å². The van der Waals surface area contributed by atoms with E-state index in [9.17, 15) is 0 Å². The average molecular weight is 455 g/mol. The Morgan fingerprint density at radius 1 is 0.562 bits per heavy atom. The van der Waals surface area contributed by atoms with Crippen molar-refractivity contribution in [2.45, 2.75) is 6.04 Å². The highest BCUT2D eigenvalue weighted by atomic mass is 35.5. The van der Waals surface area contributed by atoms with Crippen LogP contribution in [0.25, 0.3) is 33.4 Å². The highest BCUT2D eigenvalue weighted by Crippen LogP contribution is 2.31. The second kappa shape index (κ2) is 9.04. The first-order valence-electron chi connectivity index (χ1n) is 10.4. The lowest BCUT2D eigenvalue weighted by Crippen LogP contribution is -2.26. The van der Waals surface area contributed by atoms with Gasteiger partial charge in [0, 0.05) is 0 Å². The van der Waals surface area contributed by atoms with Gasteiger partial charge < -0.3 is 5.32 Å². The Morgan fingerprint density at radius 3 is 1.62 bits per heavy atom. The van der Waals surface area contributed by atoms with Gasteiger partial charge in [0.1, 0.15) is 5.16 Å². The Morgan fingerprint density at radius 2 is 1.06 bits per heavy atom. The van der Waals surface area contributed by atoms with Gasteiger partial charge in [-0.05, 0) is 68.8 Å². The van der Waals surface area contributed by atoms with E-state index in [-0.39, 0.29) is 6.04 Å². The number of halogens is 2. The Kier molecular flexibility index (Phi) is 5.81. The minimum absolute atomic E-state index is 0.0892. The molecule has 1 aliphatic rings. The second-order valence-corrected chi connectivity index (χ2v) is 8.41. The highest BCUT2D eigenvalue weighted by molar-refractivity contribution is 6.65. The molecule has 4 aromatic carbocycles. The van der Waals surface area contributed by atoms with E-state index >= 15 is 0 Å². The number of aliphatic imine (C=N–C) groups is 1. The van der Waals surface area contributed by atoms with Crippen LogP contribution >= 0.6 is 23.2 Å². The van der Waals surface area contributed by atoms with Crippen molar-refractivity contribution < 1.29 is 0 Å². The molecule has 1 atom stereocenters. The lowest BCUT2D eigenvalue weighted by Gasteiger charge is -2.19. The van der Waals surface area contributed by atoms with E-state index in [1.54, 1.807) is 0 Å². The molecule has 1 aliphatic heterocycles. The van der Waals surface area contributed by atoms with Crippen LogP contribution in [0.3, 0.4) is 0 Å². The Labute approximate surface area is 197 Å². The molecule has 0 saturated carbocycles. The molecule has 0 saturated heterocycles. The summed E-state index contributed by atoms with van der Waals surface area (Å²) in [4.78, 5) is 3.99. The maximum absolute atomic E-state index is 6.06. The molecule has 4 aromatic rings. The third-order valence-corrected chi connectivity index (χ3v) is 5.96. The molecular weight excluding hydrogens is 435 g/mol. The molecule has 32 heavy (non-hydrogen) atoms. The Balaban J connectivity index is 1.42. The minimum Gasteiger partial charge on any atom is -0.350 e. The van der Waals surface area contributed by atoms with Crippen LogP contribution < -0.4 is 5.32 Å². The van der Waals surface area contributed by atoms with Gasteiger partial charge in [0.05, 0.1) is 6.04 Å². The van der Waals surface area contributed by atoms with Gasteiger partial charge in [-0.15, -0.1) is 0 Å². The Bertz CT molecular complexity index is 1310. The van der Waals surface area contributed by atoms with Gasteiger partial charge in [-0.3, -0.25) is 0 Å². The molecule has 0 aromatic heterocycles. The fraction of sp³-hybridized carbons (Fsp3) is 0.0357. The zero-order valence-corrected chi connectivity index (χ0v) is 18.7. The van der Waals surface area contributed by atoms with Crippen molar-refractivity contribution in [3.63, 3.8) is 0 Å². The maximum atomic E-state index is 6.06. The second-order valence-electron chi connectivity index (χ2n) is 7.66. The van der Waals surface area contributed by atoms with E-state index in [0.717, 1.165) is 11.1 Å². The summed E-state index contributed by atoms with van der Waals surface area (Å²) >= 11 is 12.1. The van der Waals surface area contributed by atoms with Crippen LogP contribution in [0.1, 0.15) is 11.6 Å². The van der Waals surface area contributed by atoms with E-state index in [2.05, 4.69) is 107 Å². The van der Waals surface area contributed by atoms with Gasteiger partial charge in [0.15, 0.2) is 5.29 Å². The molecule has 1 N–H and O–H groups in total. The SMILES string of the molecule is ClC1=CC(c2ccc(-c3cccc(-c4cccc(-c5ccccc5)c4)c3)cc2)NC(Cl)=N1. The summed E-state index contributed by atoms with van der Waals surface area (Å²) in [6.45, 7) is 0.